The molecule has 6 nitrogen and oxygen atoms in total. The lowest BCUT2D eigenvalue weighted by Gasteiger charge is -2.36. The highest BCUT2D eigenvalue weighted by atomic mass is 35.5. The van der Waals surface area contributed by atoms with E-state index in [1.54, 1.807) is 21.9 Å². The lowest BCUT2D eigenvalue weighted by atomic mass is 10.1. The van der Waals surface area contributed by atoms with Gasteiger partial charge in [0.05, 0.1) is 12.2 Å². The molecule has 1 aromatic carbocycles. The summed E-state index contributed by atoms with van der Waals surface area (Å²) in [5, 5.41) is 0.531. The maximum Gasteiger partial charge on any atom is 0.330 e. The van der Waals surface area contributed by atoms with Gasteiger partial charge in [0.2, 0.25) is 5.91 Å². The highest BCUT2D eigenvalue weighted by Gasteiger charge is 2.38. The Hall–Kier alpha value is -2.08. The lowest BCUT2D eigenvalue weighted by Crippen LogP contribution is -2.53. The molecule has 0 aliphatic carbocycles. The van der Waals surface area contributed by atoms with Crippen LogP contribution < -0.4 is 4.90 Å². The van der Waals surface area contributed by atoms with Crippen molar-refractivity contribution in [1.82, 2.24) is 9.80 Å². The predicted molar refractivity (Wildman–Crippen MR) is 90.2 cm³/mol. The zero-order valence-corrected chi connectivity index (χ0v) is 14.0. The largest absolute Gasteiger partial charge is 0.342 e. The predicted octanol–water partition coefficient (Wildman–Crippen LogP) is 2.21. The van der Waals surface area contributed by atoms with Crippen LogP contribution in [0.4, 0.5) is 10.5 Å². The smallest absolute Gasteiger partial charge is 0.330 e. The molecule has 7 heteroatoms. The van der Waals surface area contributed by atoms with Crippen molar-refractivity contribution in [3.63, 3.8) is 0 Å². The van der Waals surface area contributed by atoms with E-state index in [1.807, 2.05) is 19.9 Å². The highest BCUT2D eigenvalue weighted by molar-refractivity contribution is 6.31. The number of fused-ring (bicyclic) bond motifs is 3. The first-order valence-corrected chi connectivity index (χ1v) is 8.15. The summed E-state index contributed by atoms with van der Waals surface area (Å²) in [7, 11) is 0. The molecule has 0 saturated carbocycles. The number of benzene rings is 1. The molecule has 2 aliphatic rings. The van der Waals surface area contributed by atoms with Crippen LogP contribution in [0.5, 0.6) is 0 Å². The molecule has 0 unspecified atom stereocenters. The number of carbonyl (C=O) groups is 2. The lowest BCUT2D eigenvalue weighted by molar-refractivity contribution is -0.129. The van der Waals surface area contributed by atoms with E-state index in [0.29, 0.717) is 42.7 Å². The minimum absolute atomic E-state index is 0.0115. The third-order valence-electron chi connectivity index (χ3n) is 4.20. The Morgan fingerprint density at radius 2 is 2.09 bits per heavy atom. The molecule has 3 amide bonds. The first-order chi connectivity index (χ1) is 11.1. The van der Waals surface area contributed by atoms with Crippen molar-refractivity contribution in [1.29, 1.82) is 0 Å². The molecule has 1 aromatic rings. The van der Waals surface area contributed by atoms with Crippen LogP contribution in [-0.2, 0) is 4.79 Å². The van der Waals surface area contributed by atoms with E-state index in [0.717, 1.165) is 5.56 Å². The maximum atomic E-state index is 12.8. The number of carbonyl (C=O) groups excluding carboxylic acids is 2. The van der Waals surface area contributed by atoms with Gasteiger partial charge in [-0.1, -0.05) is 11.6 Å². The van der Waals surface area contributed by atoms with Crippen LogP contribution in [0.3, 0.4) is 0 Å². The number of nitrogens with zero attached hydrogens (tertiary/aromatic N) is 4. The minimum atomic E-state index is -0.212. The number of rotatable bonds is 4. The molecule has 0 spiro atoms. The van der Waals surface area contributed by atoms with Crippen molar-refractivity contribution >= 4 is 35.1 Å². The summed E-state index contributed by atoms with van der Waals surface area (Å²) in [5.74, 6) is 0.599. The first-order valence-electron chi connectivity index (χ1n) is 7.78. The third-order valence-corrected chi connectivity index (χ3v) is 4.44. The number of likely N-dealkylation sites (N-methyl/N-ethyl adjacent to an activating group) is 1. The average molecular weight is 335 g/mol. The third kappa shape index (κ3) is 2.67. The molecule has 2 aliphatic heterocycles. The van der Waals surface area contributed by atoms with Crippen LogP contribution in [0.25, 0.3) is 0 Å². The number of anilines is 1. The van der Waals surface area contributed by atoms with Gasteiger partial charge < -0.3 is 4.90 Å². The Morgan fingerprint density at radius 1 is 1.35 bits per heavy atom. The van der Waals surface area contributed by atoms with Crippen molar-refractivity contribution < 1.29 is 9.59 Å². The van der Waals surface area contributed by atoms with Gasteiger partial charge in [-0.15, -0.1) is 0 Å². The molecule has 122 valence electrons. The molecule has 0 fully saturated rings. The summed E-state index contributed by atoms with van der Waals surface area (Å²) in [6.07, 6.45) is 0. The van der Waals surface area contributed by atoms with Gasteiger partial charge in [-0.25, -0.2) is 4.79 Å². The number of halogens is 1. The van der Waals surface area contributed by atoms with Crippen molar-refractivity contribution in [2.45, 2.75) is 13.8 Å². The van der Waals surface area contributed by atoms with Gasteiger partial charge in [-0.2, -0.15) is 0 Å². The van der Waals surface area contributed by atoms with Crippen LogP contribution in [0.15, 0.2) is 23.2 Å². The second-order valence-corrected chi connectivity index (χ2v) is 5.89. The Kier molecular flexibility index (Phi) is 4.26. The van der Waals surface area contributed by atoms with Crippen molar-refractivity contribution in [3.8, 4) is 0 Å². The Balaban J connectivity index is 1.99. The second-order valence-electron chi connectivity index (χ2n) is 5.45. The summed E-state index contributed by atoms with van der Waals surface area (Å²) in [4.78, 5) is 34.5. The van der Waals surface area contributed by atoms with Crippen LogP contribution >= 0.6 is 11.6 Å². The first kappa shape index (κ1) is 15.8. The number of amides is 3. The van der Waals surface area contributed by atoms with Gasteiger partial charge in [-0.3, -0.25) is 19.6 Å². The van der Waals surface area contributed by atoms with Crippen molar-refractivity contribution in [2.75, 3.05) is 37.6 Å². The van der Waals surface area contributed by atoms with E-state index in [1.165, 1.54) is 4.90 Å². The van der Waals surface area contributed by atoms with Gasteiger partial charge >= 0.3 is 6.03 Å². The normalized spacial score (nSPS) is 16.1. The molecular formula is C16H19ClN4O2. The number of urea groups is 1. The molecule has 0 saturated heterocycles. The topological polar surface area (TPSA) is 56.2 Å². The van der Waals surface area contributed by atoms with Crippen LogP contribution in [0.1, 0.15) is 19.4 Å². The highest BCUT2D eigenvalue weighted by Crippen LogP contribution is 2.33. The summed E-state index contributed by atoms with van der Waals surface area (Å²) >= 11 is 6.10. The van der Waals surface area contributed by atoms with Gasteiger partial charge in [-0.05, 0) is 32.0 Å². The van der Waals surface area contributed by atoms with Crippen LogP contribution in [0, 0.1) is 0 Å². The molecule has 0 bridgehead atoms. The fourth-order valence-corrected chi connectivity index (χ4v) is 3.16. The summed E-state index contributed by atoms with van der Waals surface area (Å²) in [5.41, 5.74) is 1.50. The monoisotopic (exact) mass is 334 g/mol. The zero-order chi connectivity index (χ0) is 16.6. The maximum absolute atomic E-state index is 12.8. The SMILES string of the molecule is CCN(CC)C(=O)CN1C(=O)N2CCN=C2c2ccc(Cl)cc21. The van der Waals surface area contributed by atoms with E-state index in [9.17, 15) is 9.59 Å². The second kappa shape index (κ2) is 6.20. The molecule has 3 rings (SSSR count). The Labute approximate surface area is 140 Å². The number of hydrogen-bond acceptors (Lipinski definition) is 3. The quantitative estimate of drug-likeness (QED) is 0.847. The molecule has 0 N–H and O–H groups in total. The number of aliphatic imine (C=N–C) groups is 1. The minimum Gasteiger partial charge on any atom is -0.342 e. The summed E-state index contributed by atoms with van der Waals surface area (Å²) in [6.45, 7) is 6.24. The van der Waals surface area contributed by atoms with Gasteiger partial charge in [0.15, 0.2) is 0 Å². The molecule has 0 radical (unpaired) electrons. The molecular weight excluding hydrogens is 316 g/mol. The molecule has 0 aromatic heterocycles. The van der Waals surface area contributed by atoms with Gasteiger partial charge in [0.25, 0.3) is 0 Å². The fraction of sp³-hybridized carbons (Fsp3) is 0.438. The van der Waals surface area contributed by atoms with E-state index in [-0.39, 0.29) is 18.5 Å². The summed E-state index contributed by atoms with van der Waals surface area (Å²) in [6, 6.07) is 5.15. The zero-order valence-electron chi connectivity index (χ0n) is 13.3. The standard InChI is InChI=1S/C16H19ClN4O2/c1-3-19(4-2)14(22)10-21-13-9-11(17)5-6-12(13)15-18-7-8-20(15)16(21)23/h5-6,9H,3-4,7-8,10H2,1-2H3. The average Bonchev–Trinajstić information content (AvgIpc) is 3.02. The fourth-order valence-electron chi connectivity index (χ4n) is 2.99. The number of hydrogen-bond donors (Lipinski definition) is 0. The van der Waals surface area contributed by atoms with Crippen LogP contribution in [0.2, 0.25) is 5.02 Å². The number of amidine groups is 1. The van der Waals surface area contributed by atoms with Crippen molar-refractivity contribution in [2.24, 2.45) is 4.99 Å². The van der Waals surface area contributed by atoms with E-state index in [2.05, 4.69) is 4.99 Å². The Bertz CT molecular complexity index is 685. The molecule has 0 atom stereocenters. The summed E-state index contributed by atoms with van der Waals surface area (Å²) < 4.78 is 0. The van der Waals surface area contributed by atoms with Crippen molar-refractivity contribution in [3.05, 3.63) is 28.8 Å². The van der Waals surface area contributed by atoms with Gasteiger partial charge in [0, 0.05) is 30.2 Å². The van der Waals surface area contributed by atoms with E-state index in [4.69, 9.17) is 11.6 Å². The Morgan fingerprint density at radius 3 is 2.78 bits per heavy atom. The van der Waals surface area contributed by atoms with E-state index >= 15 is 0 Å². The molecule has 23 heavy (non-hydrogen) atoms. The van der Waals surface area contributed by atoms with Crippen LogP contribution in [-0.4, -0.2) is 60.3 Å². The molecule has 2 heterocycles. The van der Waals surface area contributed by atoms with E-state index < -0.39 is 0 Å². The van der Waals surface area contributed by atoms with Gasteiger partial charge in [0.1, 0.15) is 12.4 Å².